The maximum atomic E-state index is 11.5. The van der Waals surface area contributed by atoms with Crippen LogP contribution >= 0.6 is 0 Å². The lowest BCUT2D eigenvalue weighted by atomic mass is 10.00. The average Bonchev–Trinajstić information content (AvgIpc) is 2.62. The highest BCUT2D eigenvalue weighted by molar-refractivity contribution is 5.87. The zero-order valence-electron chi connectivity index (χ0n) is 16.3. The second-order valence-corrected chi connectivity index (χ2v) is 6.72. The Morgan fingerprint density at radius 3 is 2.12 bits per heavy atom. The minimum atomic E-state index is -0.267. The summed E-state index contributed by atoms with van der Waals surface area (Å²) >= 11 is 0. The van der Waals surface area contributed by atoms with Crippen molar-refractivity contribution in [1.29, 1.82) is 0 Å². The first-order chi connectivity index (χ1) is 12.3. The number of ether oxygens (including phenoxy) is 1. The number of benzene rings is 1. The third-order valence-electron chi connectivity index (χ3n) is 4.54. The van der Waals surface area contributed by atoms with Crippen LogP contribution in [0.25, 0.3) is 6.08 Å². The van der Waals surface area contributed by atoms with Gasteiger partial charge in [-0.3, -0.25) is 0 Å². The number of carbonyl (C=O) groups excluding carboxylic acids is 1. The van der Waals surface area contributed by atoms with Crippen LogP contribution in [0, 0.1) is 0 Å². The molecule has 2 nitrogen and oxygen atoms in total. The monoisotopic (exact) mass is 344 g/mol. The fraction of sp³-hybridized carbons (Fsp3) is 0.609. The summed E-state index contributed by atoms with van der Waals surface area (Å²) in [5.41, 5.74) is 2.45. The van der Waals surface area contributed by atoms with E-state index in [1.807, 2.05) is 19.1 Å². The van der Waals surface area contributed by atoms with Crippen LogP contribution in [0.3, 0.4) is 0 Å². The summed E-state index contributed by atoms with van der Waals surface area (Å²) < 4.78 is 4.94. The van der Waals surface area contributed by atoms with Gasteiger partial charge in [-0.1, -0.05) is 89.0 Å². The molecule has 1 rings (SSSR count). The fourth-order valence-electron chi connectivity index (χ4n) is 3.08. The molecule has 0 aliphatic rings. The van der Waals surface area contributed by atoms with Gasteiger partial charge < -0.3 is 4.74 Å². The lowest BCUT2D eigenvalue weighted by Gasteiger charge is -2.06. The second-order valence-electron chi connectivity index (χ2n) is 6.72. The normalized spacial score (nSPS) is 11.1. The summed E-state index contributed by atoms with van der Waals surface area (Å²) in [6.45, 7) is 4.51. The Bertz CT molecular complexity index is 491. The van der Waals surface area contributed by atoms with Crippen molar-refractivity contribution in [3.8, 4) is 0 Å². The average molecular weight is 345 g/mol. The zero-order valence-corrected chi connectivity index (χ0v) is 16.3. The Balaban J connectivity index is 2.21. The van der Waals surface area contributed by atoms with E-state index in [1.165, 1.54) is 75.8 Å². The number of rotatable bonds is 14. The standard InChI is InChI=1S/C23H36O2/c1-3-5-6-7-8-9-10-11-12-13-16-21-17-14-15-18-22(21)19-20-23(24)25-4-2/h14-15,17-20H,3-13,16H2,1-2H3/b20-19+. The molecule has 0 saturated carbocycles. The third-order valence-corrected chi connectivity index (χ3v) is 4.54. The number of esters is 1. The smallest absolute Gasteiger partial charge is 0.330 e. The van der Waals surface area contributed by atoms with Crippen molar-refractivity contribution < 1.29 is 9.53 Å². The Labute approximate surface area is 154 Å². The first kappa shape index (κ1) is 21.5. The van der Waals surface area contributed by atoms with Gasteiger partial charge in [0.2, 0.25) is 0 Å². The first-order valence-electron chi connectivity index (χ1n) is 10.2. The van der Waals surface area contributed by atoms with Gasteiger partial charge in [-0.05, 0) is 37.0 Å². The van der Waals surface area contributed by atoms with E-state index in [2.05, 4.69) is 25.1 Å². The van der Waals surface area contributed by atoms with Gasteiger partial charge in [0.1, 0.15) is 0 Å². The van der Waals surface area contributed by atoms with Crippen molar-refractivity contribution >= 4 is 12.0 Å². The molecule has 0 atom stereocenters. The summed E-state index contributed by atoms with van der Waals surface area (Å²) in [7, 11) is 0. The molecule has 0 unspecified atom stereocenters. The molecule has 0 radical (unpaired) electrons. The molecule has 0 N–H and O–H groups in total. The highest BCUT2D eigenvalue weighted by Gasteiger charge is 2.01. The van der Waals surface area contributed by atoms with Gasteiger partial charge in [-0.25, -0.2) is 4.79 Å². The molecule has 2 heteroatoms. The quantitative estimate of drug-likeness (QED) is 0.212. The van der Waals surface area contributed by atoms with Crippen LogP contribution in [-0.4, -0.2) is 12.6 Å². The molecule has 0 saturated heterocycles. The lowest BCUT2D eigenvalue weighted by molar-refractivity contribution is -0.137. The van der Waals surface area contributed by atoms with Crippen LogP contribution in [0.1, 0.15) is 89.2 Å². The summed E-state index contributed by atoms with van der Waals surface area (Å²) in [5.74, 6) is -0.267. The van der Waals surface area contributed by atoms with Gasteiger partial charge in [0.15, 0.2) is 0 Å². The van der Waals surface area contributed by atoms with Crippen molar-refractivity contribution in [1.82, 2.24) is 0 Å². The van der Waals surface area contributed by atoms with Crippen LogP contribution in [0.4, 0.5) is 0 Å². The van der Waals surface area contributed by atoms with E-state index in [9.17, 15) is 4.79 Å². The Morgan fingerprint density at radius 2 is 1.48 bits per heavy atom. The van der Waals surface area contributed by atoms with E-state index >= 15 is 0 Å². The summed E-state index contributed by atoms with van der Waals surface area (Å²) in [4.78, 5) is 11.5. The molecule has 0 heterocycles. The van der Waals surface area contributed by atoms with Crippen LogP contribution in [-0.2, 0) is 16.0 Å². The summed E-state index contributed by atoms with van der Waals surface area (Å²) in [6, 6.07) is 8.33. The fourth-order valence-corrected chi connectivity index (χ4v) is 3.08. The number of hydrogen-bond donors (Lipinski definition) is 0. The molecule has 25 heavy (non-hydrogen) atoms. The molecule has 0 aromatic heterocycles. The molecule has 0 aliphatic heterocycles. The minimum Gasteiger partial charge on any atom is -0.463 e. The van der Waals surface area contributed by atoms with E-state index in [1.54, 1.807) is 0 Å². The molecule has 0 spiro atoms. The first-order valence-corrected chi connectivity index (χ1v) is 10.2. The largest absolute Gasteiger partial charge is 0.463 e. The highest BCUT2D eigenvalue weighted by Crippen LogP contribution is 2.16. The van der Waals surface area contributed by atoms with Gasteiger partial charge in [-0.2, -0.15) is 0 Å². The number of aryl methyl sites for hydroxylation is 1. The van der Waals surface area contributed by atoms with Gasteiger partial charge in [0.05, 0.1) is 6.61 Å². The molecule has 0 fully saturated rings. The van der Waals surface area contributed by atoms with Crippen molar-refractivity contribution in [3.05, 3.63) is 41.5 Å². The van der Waals surface area contributed by atoms with Crippen LogP contribution in [0.2, 0.25) is 0 Å². The molecule has 1 aromatic carbocycles. The summed E-state index contributed by atoms with van der Waals surface area (Å²) in [5, 5.41) is 0. The van der Waals surface area contributed by atoms with Crippen molar-refractivity contribution in [2.75, 3.05) is 6.61 Å². The van der Waals surface area contributed by atoms with Crippen LogP contribution in [0.15, 0.2) is 30.3 Å². The van der Waals surface area contributed by atoms with Gasteiger partial charge in [0, 0.05) is 6.08 Å². The van der Waals surface area contributed by atoms with Gasteiger partial charge >= 0.3 is 5.97 Å². The molecular weight excluding hydrogens is 308 g/mol. The Morgan fingerprint density at radius 1 is 0.880 bits per heavy atom. The van der Waals surface area contributed by atoms with E-state index in [-0.39, 0.29) is 5.97 Å². The minimum absolute atomic E-state index is 0.267. The Hall–Kier alpha value is -1.57. The predicted octanol–water partition coefficient (Wildman–Crippen LogP) is 6.73. The summed E-state index contributed by atoms with van der Waals surface area (Å²) in [6.07, 6.45) is 18.1. The Kier molecular flexibility index (Phi) is 12.7. The van der Waals surface area contributed by atoms with E-state index in [4.69, 9.17) is 4.74 Å². The lowest BCUT2D eigenvalue weighted by Crippen LogP contribution is -1.99. The SMILES string of the molecule is CCCCCCCCCCCCc1ccccc1/C=C/C(=O)OCC. The number of hydrogen-bond acceptors (Lipinski definition) is 2. The zero-order chi connectivity index (χ0) is 18.2. The maximum absolute atomic E-state index is 11.5. The molecule has 1 aromatic rings. The maximum Gasteiger partial charge on any atom is 0.330 e. The molecule has 0 bridgehead atoms. The second kappa shape index (κ2) is 14.7. The van der Waals surface area contributed by atoms with Crippen molar-refractivity contribution in [3.63, 3.8) is 0 Å². The number of unbranched alkanes of at least 4 members (excludes halogenated alkanes) is 9. The van der Waals surface area contributed by atoms with E-state index in [0.717, 1.165) is 12.0 Å². The van der Waals surface area contributed by atoms with E-state index < -0.39 is 0 Å². The third kappa shape index (κ3) is 10.8. The van der Waals surface area contributed by atoms with E-state index in [0.29, 0.717) is 6.61 Å². The van der Waals surface area contributed by atoms with Crippen molar-refractivity contribution in [2.45, 2.75) is 84.5 Å². The van der Waals surface area contributed by atoms with Gasteiger partial charge in [0.25, 0.3) is 0 Å². The van der Waals surface area contributed by atoms with Gasteiger partial charge in [-0.15, -0.1) is 0 Å². The molecule has 0 amide bonds. The number of carbonyl (C=O) groups is 1. The van der Waals surface area contributed by atoms with Crippen LogP contribution in [0.5, 0.6) is 0 Å². The highest BCUT2D eigenvalue weighted by atomic mass is 16.5. The topological polar surface area (TPSA) is 26.3 Å². The molecular formula is C23H36O2. The molecule has 140 valence electrons. The van der Waals surface area contributed by atoms with Crippen LogP contribution < -0.4 is 0 Å². The van der Waals surface area contributed by atoms with Crippen molar-refractivity contribution in [2.24, 2.45) is 0 Å². The molecule has 0 aliphatic carbocycles. The predicted molar refractivity (Wildman–Crippen MR) is 108 cm³/mol.